The number of halogens is 1. The van der Waals surface area contributed by atoms with Crippen LogP contribution in [-0.2, 0) is 0 Å². The highest BCUT2D eigenvalue weighted by Crippen LogP contribution is 2.36. The lowest BCUT2D eigenvalue weighted by Gasteiger charge is -2.09. The zero-order valence-electron chi connectivity index (χ0n) is 11.0. The van der Waals surface area contributed by atoms with E-state index in [2.05, 4.69) is 15.9 Å². The molecule has 3 aromatic rings. The number of hydrogen-bond acceptors (Lipinski definition) is 4. The number of para-hydroxylation sites is 1. The highest BCUT2D eigenvalue weighted by atomic mass is 79.9. The van der Waals surface area contributed by atoms with Gasteiger partial charge in [0.15, 0.2) is 11.5 Å². The molecular formula is C16H12BrNO3. The van der Waals surface area contributed by atoms with Crippen LogP contribution in [0.5, 0.6) is 11.5 Å². The molecule has 1 aliphatic rings. The molecule has 2 N–H and O–H groups in total. The molecule has 0 radical (unpaired) electrons. The molecule has 1 unspecified atom stereocenters. The number of ether oxygens (including phenoxy) is 2. The van der Waals surface area contributed by atoms with E-state index < -0.39 is 0 Å². The Morgan fingerprint density at radius 1 is 1.05 bits per heavy atom. The molecule has 2 aromatic carbocycles. The van der Waals surface area contributed by atoms with Gasteiger partial charge in [-0.05, 0) is 45.8 Å². The fourth-order valence-corrected chi connectivity index (χ4v) is 2.93. The fourth-order valence-electron chi connectivity index (χ4n) is 2.47. The molecule has 2 heterocycles. The second kappa shape index (κ2) is 4.79. The Kier molecular flexibility index (Phi) is 2.90. The molecule has 21 heavy (non-hydrogen) atoms. The number of benzene rings is 2. The van der Waals surface area contributed by atoms with Gasteiger partial charge in [0.05, 0.1) is 10.5 Å². The maximum absolute atomic E-state index is 6.32. The fraction of sp³-hybridized carbons (Fsp3) is 0.125. The van der Waals surface area contributed by atoms with E-state index in [9.17, 15) is 0 Å². The van der Waals surface area contributed by atoms with Crippen molar-refractivity contribution in [2.75, 3.05) is 6.79 Å². The van der Waals surface area contributed by atoms with Gasteiger partial charge in [-0.2, -0.15) is 0 Å². The standard InChI is InChI=1S/C16H12BrNO3/c17-11-3-1-2-10-7-14(21-16(10)11)15(18)9-4-5-12-13(6-9)20-8-19-12/h1-7,15H,8,18H2. The summed E-state index contributed by atoms with van der Waals surface area (Å²) in [6.07, 6.45) is 0. The average Bonchev–Trinajstić information content (AvgIpc) is 3.12. The molecule has 1 atom stereocenters. The van der Waals surface area contributed by atoms with Crippen molar-refractivity contribution in [3.8, 4) is 11.5 Å². The van der Waals surface area contributed by atoms with Crippen LogP contribution in [0.1, 0.15) is 17.4 Å². The third-order valence-corrected chi connectivity index (χ3v) is 4.20. The lowest BCUT2D eigenvalue weighted by molar-refractivity contribution is 0.174. The molecule has 0 saturated heterocycles. The summed E-state index contributed by atoms with van der Waals surface area (Å²) in [5, 5.41) is 1.02. The van der Waals surface area contributed by atoms with Crippen molar-refractivity contribution in [1.82, 2.24) is 0 Å². The van der Waals surface area contributed by atoms with Crippen LogP contribution in [-0.4, -0.2) is 6.79 Å². The van der Waals surface area contributed by atoms with Crippen LogP contribution < -0.4 is 15.2 Å². The van der Waals surface area contributed by atoms with E-state index in [-0.39, 0.29) is 12.8 Å². The van der Waals surface area contributed by atoms with Gasteiger partial charge in [-0.25, -0.2) is 0 Å². The van der Waals surface area contributed by atoms with Crippen molar-refractivity contribution in [3.05, 3.63) is 58.3 Å². The predicted molar refractivity (Wildman–Crippen MR) is 82.5 cm³/mol. The molecule has 106 valence electrons. The van der Waals surface area contributed by atoms with E-state index in [0.717, 1.165) is 38.3 Å². The van der Waals surface area contributed by atoms with Crippen LogP contribution in [0.2, 0.25) is 0 Å². The van der Waals surface area contributed by atoms with Crippen LogP contribution in [0.15, 0.2) is 51.4 Å². The van der Waals surface area contributed by atoms with Crippen molar-refractivity contribution in [3.63, 3.8) is 0 Å². The van der Waals surface area contributed by atoms with E-state index >= 15 is 0 Å². The smallest absolute Gasteiger partial charge is 0.231 e. The van der Waals surface area contributed by atoms with E-state index in [1.54, 1.807) is 0 Å². The summed E-state index contributed by atoms with van der Waals surface area (Å²) in [5.41, 5.74) is 8.05. The van der Waals surface area contributed by atoms with Crippen molar-refractivity contribution >= 4 is 26.9 Å². The first-order valence-electron chi connectivity index (χ1n) is 6.55. The monoisotopic (exact) mass is 345 g/mol. The maximum atomic E-state index is 6.32. The second-order valence-corrected chi connectivity index (χ2v) is 5.75. The number of rotatable bonds is 2. The van der Waals surface area contributed by atoms with Gasteiger partial charge in [-0.15, -0.1) is 0 Å². The lowest BCUT2D eigenvalue weighted by Crippen LogP contribution is -2.10. The van der Waals surface area contributed by atoms with Crippen molar-refractivity contribution in [2.45, 2.75) is 6.04 Å². The third kappa shape index (κ3) is 2.09. The quantitative estimate of drug-likeness (QED) is 0.763. The van der Waals surface area contributed by atoms with E-state index in [0.29, 0.717) is 0 Å². The van der Waals surface area contributed by atoms with Crippen molar-refractivity contribution < 1.29 is 13.9 Å². The average molecular weight is 346 g/mol. The van der Waals surface area contributed by atoms with Gasteiger partial charge in [0.1, 0.15) is 11.3 Å². The molecule has 1 aliphatic heterocycles. The topological polar surface area (TPSA) is 57.6 Å². The predicted octanol–water partition coefficient (Wildman–Crippen LogP) is 3.97. The molecule has 0 bridgehead atoms. The zero-order chi connectivity index (χ0) is 14.4. The van der Waals surface area contributed by atoms with Crippen LogP contribution in [0.4, 0.5) is 0 Å². The Bertz CT molecular complexity index is 828. The Hall–Kier alpha value is -1.98. The minimum absolute atomic E-state index is 0.256. The minimum atomic E-state index is -0.348. The van der Waals surface area contributed by atoms with E-state index in [4.69, 9.17) is 19.6 Å². The van der Waals surface area contributed by atoms with Crippen LogP contribution in [0, 0.1) is 0 Å². The first-order chi connectivity index (χ1) is 10.2. The van der Waals surface area contributed by atoms with E-state index in [1.165, 1.54) is 0 Å². The second-order valence-electron chi connectivity index (χ2n) is 4.90. The largest absolute Gasteiger partial charge is 0.458 e. The first kappa shape index (κ1) is 12.7. The van der Waals surface area contributed by atoms with Gasteiger partial charge in [-0.1, -0.05) is 18.2 Å². The summed E-state index contributed by atoms with van der Waals surface area (Å²) in [6.45, 7) is 0.256. The first-order valence-corrected chi connectivity index (χ1v) is 7.35. The van der Waals surface area contributed by atoms with Gasteiger partial charge in [0.2, 0.25) is 6.79 Å². The third-order valence-electron chi connectivity index (χ3n) is 3.58. The summed E-state index contributed by atoms with van der Waals surface area (Å²) < 4.78 is 17.5. The number of nitrogens with two attached hydrogens (primary N) is 1. The summed E-state index contributed by atoms with van der Waals surface area (Å²) in [7, 11) is 0. The number of furan rings is 1. The Morgan fingerprint density at radius 3 is 2.76 bits per heavy atom. The highest BCUT2D eigenvalue weighted by Gasteiger charge is 2.19. The van der Waals surface area contributed by atoms with Gasteiger partial charge in [-0.3, -0.25) is 0 Å². The normalized spacial score (nSPS) is 14.6. The van der Waals surface area contributed by atoms with Crippen LogP contribution in [0.25, 0.3) is 11.0 Å². The maximum Gasteiger partial charge on any atom is 0.231 e. The Balaban J connectivity index is 1.75. The summed E-state index contributed by atoms with van der Waals surface area (Å²) in [6, 6.07) is 13.2. The van der Waals surface area contributed by atoms with Crippen LogP contribution >= 0.6 is 15.9 Å². The van der Waals surface area contributed by atoms with Gasteiger partial charge in [0.25, 0.3) is 0 Å². The molecule has 4 nitrogen and oxygen atoms in total. The van der Waals surface area contributed by atoms with E-state index in [1.807, 2.05) is 42.5 Å². The minimum Gasteiger partial charge on any atom is -0.458 e. The van der Waals surface area contributed by atoms with Gasteiger partial charge < -0.3 is 19.6 Å². The Labute approximate surface area is 129 Å². The molecule has 1 aromatic heterocycles. The Morgan fingerprint density at radius 2 is 1.90 bits per heavy atom. The number of hydrogen-bond donors (Lipinski definition) is 1. The highest BCUT2D eigenvalue weighted by molar-refractivity contribution is 9.10. The van der Waals surface area contributed by atoms with Gasteiger partial charge >= 0.3 is 0 Å². The van der Waals surface area contributed by atoms with Crippen molar-refractivity contribution in [1.29, 1.82) is 0 Å². The number of fused-ring (bicyclic) bond motifs is 2. The summed E-state index contributed by atoms with van der Waals surface area (Å²) >= 11 is 3.49. The SMILES string of the molecule is NC(c1ccc2c(c1)OCO2)c1cc2cccc(Br)c2o1. The molecule has 5 heteroatoms. The van der Waals surface area contributed by atoms with Gasteiger partial charge in [0, 0.05) is 5.39 Å². The summed E-state index contributed by atoms with van der Waals surface area (Å²) in [5.74, 6) is 2.19. The molecule has 0 fully saturated rings. The lowest BCUT2D eigenvalue weighted by atomic mass is 10.0. The molecule has 0 spiro atoms. The van der Waals surface area contributed by atoms with Crippen molar-refractivity contribution in [2.24, 2.45) is 5.73 Å². The molecule has 0 aliphatic carbocycles. The van der Waals surface area contributed by atoms with Crippen LogP contribution in [0.3, 0.4) is 0 Å². The molecule has 0 amide bonds. The molecule has 4 rings (SSSR count). The molecule has 0 saturated carbocycles. The summed E-state index contributed by atoms with van der Waals surface area (Å²) in [4.78, 5) is 0. The molecular weight excluding hydrogens is 334 g/mol. The zero-order valence-corrected chi connectivity index (χ0v) is 12.6.